The topological polar surface area (TPSA) is 77.0 Å². The standard InChI is InChI=1S/C34H57NO5/c1-8-18-35-29(36)40-27-14-15-34-20-33(34)17-16-32(7)22-10-12-24(28(38-9-2)31(5,6)37)39-25(22)19-23(32)21(33)11-13-26(34)30(27,3)4/h21-28,37H,8-20H2,1-7H3,(H,35,36)/t21?,22?,23?,24?,25?,26-,27?,28?,32?,33?,34?/m0/s1. The Morgan fingerprint density at radius 2 is 1.75 bits per heavy atom. The zero-order chi connectivity index (χ0) is 28.7. The average molecular weight is 560 g/mol. The number of rotatable bonds is 7. The van der Waals surface area contributed by atoms with Gasteiger partial charge in [-0.3, -0.25) is 0 Å². The van der Waals surface area contributed by atoms with E-state index in [0.717, 1.165) is 31.1 Å². The summed E-state index contributed by atoms with van der Waals surface area (Å²) >= 11 is 0. The first-order valence-electron chi connectivity index (χ1n) is 16.8. The molecule has 1 saturated heterocycles. The maximum absolute atomic E-state index is 12.5. The molecule has 6 nitrogen and oxygen atoms in total. The molecule has 0 aromatic carbocycles. The van der Waals surface area contributed by atoms with Gasteiger partial charge >= 0.3 is 6.09 Å². The molecule has 2 spiro atoms. The quantitative estimate of drug-likeness (QED) is 0.356. The van der Waals surface area contributed by atoms with Gasteiger partial charge in [-0.15, -0.1) is 0 Å². The molecule has 5 saturated carbocycles. The van der Waals surface area contributed by atoms with Gasteiger partial charge < -0.3 is 24.6 Å². The van der Waals surface area contributed by atoms with E-state index < -0.39 is 5.60 Å². The van der Waals surface area contributed by atoms with E-state index in [2.05, 4.69) is 33.0 Å². The first kappa shape index (κ1) is 29.2. The molecule has 2 N–H and O–H groups in total. The Hall–Kier alpha value is -0.850. The lowest BCUT2D eigenvalue weighted by Gasteiger charge is -2.59. The lowest BCUT2D eigenvalue weighted by molar-refractivity contribution is -0.193. The van der Waals surface area contributed by atoms with Crippen LogP contribution in [0.15, 0.2) is 0 Å². The zero-order valence-corrected chi connectivity index (χ0v) is 26.4. The largest absolute Gasteiger partial charge is 0.446 e. The molecule has 6 heteroatoms. The molecule has 6 rings (SSSR count). The minimum absolute atomic E-state index is 0.0109. The van der Waals surface area contributed by atoms with Crippen LogP contribution in [0.2, 0.25) is 0 Å². The Morgan fingerprint density at radius 1 is 1.00 bits per heavy atom. The average Bonchev–Trinajstić information content (AvgIpc) is 3.47. The molecule has 1 heterocycles. The number of hydrogen-bond donors (Lipinski definition) is 2. The summed E-state index contributed by atoms with van der Waals surface area (Å²) in [6.07, 6.45) is 13.0. The van der Waals surface area contributed by atoms with Crippen molar-refractivity contribution in [3.63, 3.8) is 0 Å². The van der Waals surface area contributed by atoms with E-state index in [9.17, 15) is 9.90 Å². The van der Waals surface area contributed by atoms with Gasteiger partial charge in [0.1, 0.15) is 12.2 Å². The molecule has 6 fully saturated rings. The second kappa shape index (κ2) is 9.84. The Morgan fingerprint density at radius 3 is 2.45 bits per heavy atom. The van der Waals surface area contributed by atoms with Crippen LogP contribution in [0.3, 0.4) is 0 Å². The number of aliphatic hydroxyl groups is 1. The van der Waals surface area contributed by atoms with Crippen molar-refractivity contribution >= 4 is 6.09 Å². The van der Waals surface area contributed by atoms with Gasteiger partial charge in [0.15, 0.2) is 0 Å². The lowest BCUT2D eigenvalue weighted by Crippen LogP contribution is -2.55. The Bertz CT molecular complexity index is 976. The van der Waals surface area contributed by atoms with Crippen LogP contribution in [0.4, 0.5) is 4.79 Å². The van der Waals surface area contributed by atoms with Crippen LogP contribution in [0, 0.1) is 45.3 Å². The molecule has 1 amide bonds. The summed E-state index contributed by atoms with van der Waals surface area (Å²) < 4.78 is 19.1. The minimum Gasteiger partial charge on any atom is -0.446 e. The number of ether oxygens (including phenoxy) is 3. The highest BCUT2D eigenvalue weighted by atomic mass is 16.6. The highest BCUT2D eigenvalue weighted by Gasteiger charge is 2.81. The number of carbonyl (C=O) groups is 1. The van der Waals surface area contributed by atoms with Crippen LogP contribution in [-0.2, 0) is 14.2 Å². The first-order chi connectivity index (χ1) is 18.8. The van der Waals surface area contributed by atoms with E-state index in [-0.39, 0.29) is 29.8 Å². The van der Waals surface area contributed by atoms with E-state index in [1.165, 1.54) is 51.4 Å². The fourth-order valence-electron chi connectivity index (χ4n) is 12.0. The second-order valence-corrected chi connectivity index (χ2v) is 16.2. The van der Waals surface area contributed by atoms with Crippen molar-refractivity contribution in [3.05, 3.63) is 0 Å². The van der Waals surface area contributed by atoms with E-state index in [1.807, 2.05) is 20.8 Å². The highest BCUT2D eigenvalue weighted by Crippen LogP contribution is 2.87. The Kier molecular flexibility index (Phi) is 7.19. The van der Waals surface area contributed by atoms with Gasteiger partial charge in [0, 0.05) is 18.6 Å². The van der Waals surface area contributed by atoms with E-state index in [1.54, 1.807) is 0 Å². The Balaban J connectivity index is 1.18. The fourth-order valence-corrected chi connectivity index (χ4v) is 12.0. The van der Waals surface area contributed by atoms with Crippen molar-refractivity contribution in [2.45, 2.75) is 149 Å². The molecule has 0 aromatic rings. The summed E-state index contributed by atoms with van der Waals surface area (Å²) in [7, 11) is 0. The predicted molar refractivity (Wildman–Crippen MR) is 156 cm³/mol. The SMILES string of the molecule is CCCNC(=O)OC1CCC23CC24CCC2(C)C5CCC(C(OCC)C(C)(C)O)OC5CC2C4CC[C@H]3C1(C)C. The molecule has 1 aliphatic heterocycles. The van der Waals surface area contributed by atoms with Crippen LogP contribution in [-0.4, -0.2) is 54.4 Å². The number of carbonyl (C=O) groups excluding carboxylic acids is 1. The summed E-state index contributed by atoms with van der Waals surface area (Å²) in [4.78, 5) is 12.5. The normalized spacial score (nSPS) is 47.5. The van der Waals surface area contributed by atoms with Gasteiger partial charge in [-0.05, 0) is 131 Å². The Labute approximate surface area is 243 Å². The number of nitrogens with one attached hydrogen (secondary N) is 1. The molecule has 228 valence electrons. The van der Waals surface area contributed by atoms with Crippen molar-refractivity contribution in [1.29, 1.82) is 0 Å². The molecule has 0 radical (unpaired) electrons. The van der Waals surface area contributed by atoms with Gasteiger partial charge in [0.25, 0.3) is 0 Å². The molecular weight excluding hydrogens is 502 g/mol. The molecule has 0 aromatic heterocycles. The lowest BCUT2D eigenvalue weighted by atomic mass is 9.46. The highest BCUT2D eigenvalue weighted by molar-refractivity contribution is 5.67. The van der Waals surface area contributed by atoms with Crippen molar-refractivity contribution in [1.82, 2.24) is 5.32 Å². The van der Waals surface area contributed by atoms with Gasteiger partial charge in [0.05, 0.1) is 17.8 Å². The third-order valence-corrected chi connectivity index (χ3v) is 13.7. The van der Waals surface area contributed by atoms with Crippen LogP contribution in [0.25, 0.3) is 0 Å². The van der Waals surface area contributed by atoms with Gasteiger partial charge in [-0.2, -0.15) is 0 Å². The summed E-state index contributed by atoms with van der Waals surface area (Å²) in [5.74, 6) is 2.80. The summed E-state index contributed by atoms with van der Waals surface area (Å²) in [6.45, 7) is 16.5. The number of alkyl carbamates (subject to hydrolysis) is 1. The van der Waals surface area contributed by atoms with Crippen LogP contribution in [0.5, 0.6) is 0 Å². The number of fused-ring (bicyclic) bond motifs is 4. The zero-order valence-electron chi connectivity index (χ0n) is 26.4. The molecule has 6 aliphatic rings. The summed E-state index contributed by atoms with van der Waals surface area (Å²) in [6, 6.07) is 0. The maximum atomic E-state index is 12.5. The molecule has 10 unspecified atom stereocenters. The van der Waals surface area contributed by atoms with E-state index >= 15 is 0 Å². The van der Waals surface area contributed by atoms with Crippen LogP contribution in [0.1, 0.15) is 119 Å². The summed E-state index contributed by atoms with van der Waals surface area (Å²) in [5, 5.41) is 13.8. The third-order valence-electron chi connectivity index (χ3n) is 13.7. The van der Waals surface area contributed by atoms with Crippen molar-refractivity contribution in [2.75, 3.05) is 13.2 Å². The third kappa shape index (κ3) is 4.15. The monoisotopic (exact) mass is 559 g/mol. The second-order valence-electron chi connectivity index (χ2n) is 16.2. The first-order valence-corrected chi connectivity index (χ1v) is 16.8. The number of hydrogen-bond acceptors (Lipinski definition) is 5. The van der Waals surface area contributed by atoms with Crippen LogP contribution >= 0.6 is 0 Å². The van der Waals surface area contributed by atoms with Crippen molar-refractivity contribution in [3.8, 4) is 0 Å². The molecule has 0 bridgehead atoms. The number of amides is 1. The van der Waals surface area contributed by atoms with Gasteiger partial charge in [0.2, 0.25) is 0 Å². The summed E-state index contributed by atoms with van der Waals surface area (Å²) in [5.41, 5.74) is 0.407. The van der Waals surface area contributed by atoms with Crippen molar-refractivity contribution < 1.29 is 24.1 Å². The molecule has 11 atom stereocenters. The van der Waals surface area contributed by atoms with E-state index in [0.29, 0.717) is 47.3 Å². The molecule has 40 heavy (non-hydrogen) atoms. The van der Waals surface area contributed by atoms with Gasteiger partial charge in [-0.25, -0.2) is 4.79 Å². The molecule has 5 aliphatic carbocycles. The minimum atomic E-state index is -0.905. The molecular formula is C34H57NO5. The van der Waals surface area contributed by atoms with Crippen LogP contribution < -0.4 is 5.32 Å². The van der Waals surface area contributed by atoms with Crippen molar-refractivity contribution in [2.24, 2.45) is 45.3 Å². The maximum Gasteiger partial charge on any atom is 0.407 e. The predicted octanol–water partition coefficient (Wildman–Crippen LogP) is 6.87. The smallest absolute Gasteiger partial charge is 0.407 e. The van der Waals surface area contributed by atoms with Gasteiger partial charge in [-0.1, -0.05) is 27.7 Å². The fraction of sp³-hybridized carbons (Fsp3) is 0.971. The van der Waals surface area contributed by atoms with E-state index in [4.69, 9.17) is 14.2 Å².